The molecule has 0 saturated carbocycles. The first-order chi connectivity index (χ1) is 12.1. The van der Waals surface area contributed by atoms with Crippen LogP contribution in [0.2, 0.25) is 10.2 Å². The van der Waals surface area contributed by atoms with Gasteiger partial charge in [-0.15, -0.1) is 0 Å². The van der Waals surface area contributed by atoms with Gasteiger partial charge in [0.25, 0.3) is 5.91 Å². The van der Waals surface area contributed by atoms with Gasteiger partial charge in [-0.05, 0) is 42.5 Å². The third-order valence-electron chi connectivity index (χ3n) is 3.46. The highest BCUT2D eigenvalue weighted by atomic mass is 35.5. The quantitative estimate of drug-likeness (QED) is 0.420. The van der Waals surface area contributed by atoms with Crippen molar-refractivity contribution in [1.82, 2.24) is 10.4 Å². The zero-order valence-electron chi connectivity index (χ0n) is 13.2. The van der Waals surface area contributed by atoms with E-state index in [0.29, 0.717) is 27.1 Å². The van der Waals surface area contributed by atoms with Crippen LogP contribution < -0.4 is 10.2 Å². The van der Waals surface area contributed by atoms with E-state index in [1.807, 2.05) is 24.3 Å². The van der Waals surface area contributed by atoms with Crippen molar-refractivity contribution in [3.63, 3.8) is 0 Å². The molecule has 0 aliphatic rings. The summed E-state index contributed by atoms with van der Waals surface area (Å²) < 4.78 is 5.20. The van der Waals surface area contributed by atoms with Gasteiger partial charge in [0.2, 0.25) is 0 Å². The lowest BCUT2D eigenvalue weighted by Crippen LogP contribution is -2.17. The molecule has 5 nitrogen and oxygen atoms in total. The summed E-state index contributed by atoms with van der Waals surface area (Å²) >= 11 is 12.0. The lowest BCUT2D eigenvalue weighted by Gasteiger charge is -2.05. The van der Waals surface area contributed by atoms with Crippen LogP contribution in [0.4, 0.5) is 0 Å². The van der Waals surface area contributed by atoms with Gasteiger partial charge >= 0.3 is 0 Å². The number of carbonyl (C=O) groups is 1. The van der Waals surface area contributed by atoms with Crippen LogP contribution in [0.15, 0.2) is 53.6 Å². The first kappa shape index (κ1) is 17.2. The molecule has 1 N–H and O–H groups in total. The number of aromatic nitrogens is 1. The van der Waals surface area contributed by atoms with E-state index in [1.54, 1.807) is 31.4 Å². The molecule has 0 unspecified atom stereocenters. The van der Waals surface area contributed by atoms with E-state index in [4.69, 9.17) is 27.9 Å². The van der Waals surface area contributed by atoms with E-state index in [9.17, 15) is 4.79 Å². The molecule has 0 bridgehead atoms. The van der Waals surface area contributed by atoms with Crippen LogP contribution in [-0.2, 0) is 0 Å². The second kappa shape index (κ2) is 7.51. The van der Waals surface area contributed by atoms with Crippen molar-refractivity contribution < 1.29 is 9.53 Å². The summed E-state index contributed by atoms with van der Waals surface area (Å²) in [5.74, 6) is 0.346. The Morgan fingerprint density at radius 1 is 1.20 bits per heavy atom. The number of hydrogen-bond donors (Lipinski definition) is 1. The Balaban J connectivity index is 1.80. The molecule has 0 spiro atoms. The lowest BCUT2D eigenvalue weighted by atomic mass is 10.1. The van der Waals surface area contributed by atoms with E-state index in [1.165, 1.54) is 6.21 Å². The standard InChI is InChI=1S/C18H13Cl2N3O2/c1-25-15-5-6-16-12(9-15)7-13(17(20)22-16)10-21-23-18(24)11-3-2-4-14(19)8-11/h2-10H,1H3,(H,23,24)/b21-10-. The average Bonchev–Trinajstić information content (AvgIpc) is 2.61. The number of nitrogens with zero attached hydrogens (tertiary/aromatic N) is 2. The van der Waals surface area contributed by atoms with Crippen molar-refractivity contribution in [1.29, 1.82) is 0 Å². The van der Waals surface area contributed by atoms with Gasteiger partial charge in [-0.1, -0.05) is 29.3 Å². The fraction of sp³-hybridized carbons (Fsp3) is 0.0556. The molecule has 7 heteroatoms. The molecular weight excluding hydrogens is 361 g/mol. The number of nitrogens with one attached hydrogen (secondary N) is 1. The second-order valence-corrected chi connectivity index (χ2v) is 5.93. The van der Waals surface area contributed by atoms with E-state index < -0.39 is 0 Å². The molecule has 1 heterocycles. The topological polar surface area (TPSA) is 63.6 Å². The van der Waals surface area contributed by atoms with Crippen LogP contribution in [0.25, 0.3) is 10.9 Å². The molecule has 1 amide bonds. The minimum Gasteiger partial charge on any atom is -0.497 e. The van der Waals surface area contributed by atoms with Crippen LogP contribution >= 0.6 is 23.2 Å². The number of ether oxygens (including phenoxy) is 1. The highest BCUT2D eigenvalue weighted by molar-refractivity contribution is 6.32. The predicted octanol–water partition coefficient (Wildman–Crippen LogP) is 4.31. The number of hydrazone groups is 1. The Bertz CT molecular complexity index is 974. The zero-order chi connectivity index (χ0) is 17.8. The molecule has 0 saturated heterocycles. The van der Waals surface area contributed by atoms with Gasteiger partial charge < -0.3 is 4.74 Å². The van der Waals surface area contributed by atoms with Gasteiger partial charge in [0.15, 0.2) is 0 Å². The molecule has 25 heavy (non-hydrogen) atoms. The highest BCUT2D eigenvalue weighted by Gasteiger charge is 2.06. The summed E-state index contributed by atoms with van der Waals surface area (Å²) in [6.45, 7) is 0. The third kappa shape index (κ3) is 4.07. The Morgan fingerprint density at radius 3 is 2.80 bits per heavy atom. The van der Waals surface area contributed by atoms with Crippen molar-refractivity contribution in [2.24, 2.45) is 5.10 Å². The molecular formula is C18H13Cl2N3O2. The fourth-order valence-electron chi connectivity index (χ4n) is 2.22. The molecule has 1 aromatic heterocycles. The number of rotatable bonds is 4. The zero-order valence-corrected chi connectivity index (χ0v) is 14.7. The number of hydrogen-bond acceptors (Lipinski definition) is 4. The van der Waals surface area contributed by atoms with E-state index in [-0.39, 0.29) is 5.91 Å². The number of carbonyl (C=O) groups excluding carboxylic acids is 1. The summed E-state index contributed by atoms with van der Waals surface area (Å²) in [6, 6.07) is 13.9. The van der Waals surface area contributed by atoms with Crippen molar-refractivity contribution >= 4 is 46.2 Å². The normalized spacial score (nSPS) is 11.0. The van der Waals surface area contributed by atoms with Gasteiger partial charge in [0, 0.05) is 21.5 Å². The van der Waals surface area contributed by atoms with Crippen LogP contribution in [0.1, 0.15) is 15.9 Å². The van der Waals surface area contributed by atoms with Crippen molar-refractivity contribution in [3.8, 4) is 5.75 Å². The van der Waals surface area contributed by atoms with Crippen LogP contribution in [0.5, 0.6) is 5.75 Å². The van der Waals surface area contributed by atoms with Gasteiger partial charge in [-0.25, -0.2) is 10.4 Å². The maximum atomic E-state index is 12.0. The predicted molar refractivity (Wildman–Crippen MR) is 99.8 cm³/mol. The van der Waals surface area contributed by atoms with E-state index in [0.717, 1.165) is 10.9 Å². The van der Waals surface area contributed by atoms with E-state index >= 15 is 0 Å². The van der Waals surface area contributed by atoms with Gasteiger partial charge in [-0.2, -0.15) is 5.10 Å². The summed E-state index contributed by atoms with van der Waals surface area (Å²) in [7, 11) is 1.60. The molecule has 0 fully saturated rings. The number of pyridine rings is 1. The largest absolute Gasteiger partial charge is 0.497 e. The number of amides is 1. The van der Waals surface area contributed by atoms with Crippen LogP contribution in [0.3, 0.4) is 0 Å². The number of halogens is 2. The van der Waals surface area contributed by atoms with Crippen LogP contribution in [0, 0.1) is 0 Å². The number of benzene rings is 2. The maximum Gasteiger partial charge on any atom is 0.271 e. The number of methoxy groups -OCH3 is 1. The molecule has 2 aromatic carbocycles. The SMILES string of the molecule is COc1ccc2nc(Cl)c(/C=N\NC(=O)c3cccc(Cl)c3)cc2c1. The first-order valence-corrected chi connectivity index (χ1v) is 8.05. The Morgan fingerprint density at radius 2 is 2.04 bits per heavy atom. The highest BCUT2D eigenvalue weighted by Crippen LogP contribution is 2.23. The van der Waals surface area contributed by atoms with Gasteiger partial charge in [0.1, 0.15) is 10.9 Å². The number of fused-ring (bicyclic) bond motifs is 1. The Labute approximate surface area is 154 Å². The third-order valence-corrected chi connectivity index (χ3v) is 4.00. The average molecular weight is 374 g/mol. The summed E-state index contributed by atoms with van der Waals surface area (Å²) in [5.41, 5.74) is 4.17. The van der Waals surface area contributed by atoms with Crippen molar-refractivity contribution in [2.75, 3.05) is 7.11 Å². The Hall–Kier alpha value is -2.63. The molecule has 126 valence electrons. The fourth-order valence-corrected chi connectivity index (χ4v) is 2.60. The van der Waals surface area contributed by atoms with Crippen molar-refractivity contribution in [2.45, 2.75) is 0 Å². The molecule has 0 aliphatic carbocycles. The minimum atomic E-state index is -0.370. The monoisotopic (exact) mass is 373 g/mol. The summed E-state index contributed by atoms with van der Waals surface area (Å²) in [5, 5.41) is 5.56. The van der Waals surface area contributed by atoms with Gasteiger partial charge in [-0.3, -0.25) is 4.79 Å². The van der Waals surface area contributed by atoms with Crippen molar-refractivity contribution in [3.05, 3.63) is 69.8 Å². The van der Waals surface area contributed by atoms with Gasteiger partial charge in [0.05, 0.1) is 18.8 Å². The van der Waals surface area contributed by atoms with Crippen LogP contribution in [-0.4, -0.2) is 24.2 Å². The smallest absolute Gasteiger partial charge is 0.271 e. The first-order valence-electron chi connectivity index (χ1n) is 7.30. The molecule has 0 aliphatic heterocycles. The molecule has 3 rings (SSSR count). The summed E-state index contributed by atoms with van der Waals surface area (Å²) in [4.78, 5) is 16.3. The minimum absolute atomic E-state index is 0.290. The molecule has 3 aromatic rings. The second-order valence-electron chi connectivity index (χ2n) is 5.14. The lowest BCUT2D eigenvalue weighted by molar-refractivity contribution is 0.0955. The maximum absolute atomic E-state index is 12.0. The van der Waals surface area contributed by atoms with E-state index in [2.05, 4.69) is 15.5 Å². The Kier molecular flexibility index (Phi) is 5.16. The molecule has 0 atom stereocenters. The summed E-state index contributed by atoms with van der Waals surface area (Å²) in [6.07, 6.45) is 1.44. The molecule has 0 radical (unpaired) electrons.